The van der Waals surface area contributed by atoms with Crippen molar-refractivity contribution in [2.24, 2.45) is 5.92 Å². The van der Waals surface area contributed by atoms with E-state index >= 15 is 0 Å². The van der Waals surface area contributed by atoms with Crippen LogP contribution in [0, 0.1) is 12.8 Å². The first kappa shape index (κ1) is 15.4. The van der Waals surface area contributed by atoms with Gasteiger partial charge in [-0.1, -0.05) is 19.1 Å². The van der Waals surface area contributed by atoms with E-state index in [4.69, 9.17) is 0 Å². The average Bonchev–Trinajstić information content (AvgIpc) is 2.45. The third-order valence-electron chi connectivity index (χ3n) is 3.81. The molecule has 0 aromatic heterocycles. The van der Waals surface area contributed by atoms with Crippen molar-refractivity contribution in [1.29, 1.82) is 0 Å². The fourth-order valence-corrected chi connectivity index (χ4v) is 2.42. The summed E-state index contributed by atoms with van der Waals surface area (Å²) >= 11 is 0. The number of hydrogen-bond acceptors (Lipinski definition) is 2. The minimum absolute atomic E-state index is 0.0127. The summed E-state index contributed by atoms with van der Waals surface area (Å²) in [4.78, 5) is 25.6. The molecule has 0 radical (unpaired) electrons. The van der Waals surface area contributed by atoms with Crippen molar-refractivity contribution < 1.29 is 9.59 Å². The van der Waals surface area contributed by atoms with Gasteiger partial charge in [-0.3, -0.25) is 4.79 Å². The molecule has 2 rings (SSSR count). The van der Waals surface area contributed by atoms with Gasteiger partial charge in [0.1, 0.15) is 0 Å². The predicted octanol–water partition coefficient (Wildman–Crippen LogP) is 2.38. The lowest BCUT2D eigenvalue weighted by molar-refractivity contribution is -0.131. The number of urea groups is 1. The summed E-state index contributed by atoms with van der Waals surface area (Å²) in [5.41, 5.74) is 1.80. The number of nitrogens with one attached hydrogen (secondary N) is 2. The summed E-state index contributed by atoms with van der Waals surface area (Å²) in [5.74, 6) is 0.674. The summed E-state index contributed by atoms with van der Waals surface area (Å²) in [6.07, 6.45) is 2.09. The van der Waals surface area contributed by atoms with E-state index in [9.17, 15) is 9.59 Å². The van der Waals surface area contributed by atoms with Crippen LogP contribution in [0.3, 0.4) is 0 Å². The highest BCUT2D eigenvalue weighted by Gasteiger charge is 2.20. The second kappa shape index (κ2) is 7.11. The fraction of sp³-hybridized carbons (Fsp3) is 0.500. The molecule has 1 aromatic carbocycles. The number of hydrogen-bond donors (Lipinski definition) is 2. The van der Waals surface area contributed by atoms with Crippen LogP contribution in [-0.2, 0) is 4.79 Å². The number of benzene rings is 1. The summed E-state index contributed by atoms with van der Waals surface area (Å²) in [5, 5.41) is 5.34. The van der Waals surface area contributed by atoms with Gasteiger partial charge in [0.15, 0.2) is 0 Å². The number of carbonyl (C=O) groups is 2. The van der Waals surface area contributed by atoms with E-state index in [1.807, 2.05) is 36.1 Å². The fourth-order valence-electron chi connectivity index (χ4n) is 2.42. The standard InChI is InChI=1S/C16H23N3O2/c1-12-6-8-19(9-7-12)15(20)11-17-16(21)18-14-5-3-4-13(2)10-14/h3-5,10,12H,6-9,11H2,1-2H3,(H2,17,18,21). The SMILES string of the molecule is Cc1cccc(NC(=O)NCC(=O)N2CCC(C)CC2)c1. The number of amides is 3. The number of likely N-dealkylation sites (tertiary alicyclic amines) is 1. The predicted molar refractivity (Wildman–Crippen MR) is 83.2 cm³/mol. The van der Waals surface area contributed by atoms with Crippen molar-refractivity contribution in [2.75, 3.05) is 25.0 Å². The Labute approximate surface area is 125 Å². The van der Waals surface area contributed by atoms with Gasteiger partial charge in [0.2, 0.25) is 5.91 Å². The Hall–Kier alpha value is -2.04. The molecule has 0 atom stereocenters. The zero-order valence-corrected chi connectivity index (χ0v) is 12.7. The van der Waals surface area contributed by atoms with Crippen LogP contribution in [0.15, 0.2) is 24.3 Å². The van der Waals surface area contributed by atoms with Gasteiger partial charge in [-0.25, -0.2) is 4.79 Å². The lowest BCUT2D eigenvalue weighted by Crippen LogP contribution is -2.44. The number of nitrogens with zero attached hydrogens (tertiary/aromatic N) is 1. The van der Waals surface area contributed by atoms with E-state index in [2.05, 4.69) is 17.6 Å². The Morgan fingerprint density at radius 3 is 2.67 bits per heavy atom. The maximum Gasteiger partial charge on any atom is 0.319 e. The molecule has 1 aliphatic heterocycles. The molecule has 5 nitrogen and oxygen atoms in total. The van der Waals surface area contributed by atoms with Crippen LogP contribution in [0.1, 0.15) is 25.3 Å². The maximum absolute atomic E-state index is 12.0. The molecule has 1 heterocycles. The van der Waals surface area contributed by atoms with Gasteiger partial charge >= 0.3 is 6.03 Å². The van der Waals surface area contributed by atoms with Crippen LogP contribution in [0.4, 0.5) is 10.5 Å². The van der Waals surface area contributed by atoms with Gasteiger partial charge in [-0.2, -0.15) is 0 Å². The summed E-state index contributed by atoms with van der Waals surface area (Å²) in [6.45, 7) is 5.80. The Morgan fingerprint density at radius 1 is 1.29 bits per heavy atom. The van der Waals surface area contributed by atoms with Gasteiger partial charge in [0.05, 0.1) is 6.54 Å². The number of anilines is 1. The van der Waals surface area contributed by atoms with Crippen molar-refractivity contribution >= 4 is 17.6 Å². The highest BCUT2D eigenvalue weighted by Crippen LogP contribution is 2.15. The molecule has 2 N–H and O–H groups in total. The minimum atomic E-state index is -0.348. The maximum atomic E-state index is 12.0. The molecule has 21 heavy (non-hydrogen) atoms. The number of aryl methyl sites for hydroxylation is 1. The monoisotopic (exact) mass is 289 g/mol. The quantitative estimate of drug-likeness (QED) is 0.897. The summed E-state index contributed by atoms with van der Waals surface area (Å²) in [7, 11) is 0. The van der Waals surface area contributed by atoms with Crippen molar-refractivity contribution in [3.8, 4) is 0 Å². The molecule has 1 saturated heterocycles. The Bertz CT molecular complexity index is 508. The Morgan fingerprint density at radius 2 is 2.00 bits per heavy atom. The number of carbonyl (C=O) groups excluding carboxylic acids is 2. The van der Waals surface area contributed by atoms with Crippen LogP contribution >= 0.6 is 0 Å². The Kier molecular flexibility index (Phi) is 5.20. The van der Waals surface area contributed by atoms with E-state index in [1.54, 1.807) is 0 Å². The molecule has 5 heteroatoms. The molecular weight excluding hydrogens is 266 g/mol. The van der Waals surface area contributed by atoms with Gasteiger partial charge in [-0.15, -0.1) is 0 Å². The van der Waals surface area contributed by atoms with Gasteiger partial charge in [-0.05, 0) is 43.4 Å². The molecule has 0 unspecified atom stereocenters. The first-order chi connectivity index (χ1) is 10.0. The van der Waals surface area contributed by atoms with Crippen molar-refractivity contribution in [2.45, 2.75) is 26.7 Å². The third kappa shape index (κ3) is 4.77. The number of rotatable bonds is 3. The Balaban J connectivity index is 1.75. The van der Waals surface area contributed by atoms with Crippen LogP contribution < -0.4 is 10.6 Å². The molecule has 1 aliphatic rings. The molecule has 3 amide bonds. The van der Waals surface area contributed by atoms with Crippen LogP contribution in [0.25, 0.3) is 0 Å². The highest BCUT2D eigenvalue weighted by molar-refractivity contribution is 5.92. The largest absolute Gasteiger partial charge is 0.341 e. The van der Waals surface area contributed by atoms with Crippen LogP contribution in [0.2, 0.25) is 0 Å². The lowest BCUT2D eigenvalue weighted by atomic mass is 9.99. The first-order valence-corrected chi connectivity index (χ1v) is 7.44. The van der Waals surface area contributed by atoms with Crippen LogP contribution in [0.5, 0.6) is 0 Å². The average molecular weight is 289 g/mol. The zero-order chi connectivity index (χ0) is 15.2. The van der Waals surface area contributed by atoms with E-state index in [0.717, 1.165) is 37.2 Å². The topological polar surface area (TPSA) is 61.4 Å². The van der Waals surface area contributed by atoms with E-state index in [0.29, 0.717) is 5.92 Å². The highest BCUT2D eigenvalue weighted by atomic mass is 16.2. The first-order valence-electron chi connectivity index (χ1n) is 7.44. The van der Waals surface area contributed by atoms with Gasteiger partial charge in [0, 0.05) is 18.8 Å². The van der Waals surface area contributed by atoms with E-state index < -0.39 is 0 Å². The molecule has 1 aromatic rings. The van der Waals surface area contributed by atoms with Crippen molar-refractivity contribution in [3.05, 3.63) is 29.8 Å². The smallest absolute Gasteiger partial charge is 0.319 e. The van der Waals surface area contributed by atoms with Crippen molar-refractivity contribution in [1.82, 2.24) is 10.2 Å². The van der Waals surface area contributed by atoms with Gasteiger partial charge in [0.25, 0.3) is 0 Å². The second-order valence-electron chi connectivity index (χ2n) is 5.74. The third-order valence-corrected chi connectivity index (χ3v) is 3.81. The summed E-state index contributed by atoms with van der Waals surface area (Å²) < 4.78 is 0. The summed E-state index contributed by atoms with van der Waals surface area (Å²) in [6, 6.07) is 7.20. The zero-order valence-electron chi connectivity index (χ0n) is 12.7. The molecular formula is C16H23N3O2. The van der Waals surface area contributed by atoms with Crippen molar-refractivity contribution in [3.63, 3.8) is 0 Å². The molecule has 114 valence electrons. The molecule has 1 fully saturated rings. The number of piperidine rings is 1. The minimum Gasteiger partial charge on any atom is -0.341 e. The van der Waals surface area contributed by atoms with E-state index in [-0.39, 0.29) is 18.5 Å². The molecule has 0 aliphatic carbocycles. The molecule has 0 bridgehead atoms. The van der Waals surface area contributed by atoms with E-state index in [1.165, 1.54) is 0 Å². The normalized spacial score (nSPS) is 15.6. The van der Waals surface area contributed by atoms with Gasteiger partial charge < -0.3 is 15.5 Å². The molecule has 0 saturated carbocycles. The second-order valence-corrected chi connectivity index (χ2v) is 5.74. The van der Waals surface area contributed by atoms with Crippen LogP contribution in [-0.4, -0.2) is 36.5 Å². The lowest BCUT2D eigenvalue weighted by Gasteiger charge is -2.30. The molecule has 0 spiro atoms.